The van der Waals surface area contributed by atoms with Crippen LogP contribution in [0.2, 0.25) is 0 Å². The minimum Gasteiger partial charge on any atom is -0.597 e. The van der Waals surface area contributed by atoms with Gasteiger partial charge in [-0.25, -0.2) is 15.0 Å². The molecule has 3 fully saturated rings. The summed E-state index contributed by atoms with van der Waals surface area (Å²) in [7, 11) is 0. The number of hydrogen-bond acceptors (Lipinski definition) is 14. The van der Waals surface area contributed by atoms with Crippen LogP contribution >= 0.6 is 0 Å². The molecule has 4 atom stereocenters. The molecular weight excluding hydrogens is 478 g/mol. The van der Waals surface area contributed by atoms with E-state index in [1.54, 1.807) is 24.7 Å². The number of hydrogen-bond donors (Lipinski definition) is 1. The molecule has 0 radical (unpaired) electrons. The van der Waals surface area contributed by atoms with E-state index in [-0.39, 0.29) is 18.3 Å². The van der Waals surface area contributed by atoms with E-state index in [0.717, 1.165) is 0 Å². The summed E-state index contributed by atoms with van der Waals surface area (Å²) in [4.78, 5) is 17.9. The normalized spacial score (nSPS) is 28.1. The molecule has 0 saturated carbocycles. The monoisotopic (exact) mass is 503 g/mol. The van der Waals surface area contributed by atoms with E-state index >= 15 is 0 Å². The van der Waals surface area contributed by atoms with E-state index in [1.807, 2.05) is 5.01 Å². The first-order valence-electron chi connectivity index (χ1n) is 11.4. The van der Waals surface area contributed by atoms with Crippen molar-refractivity contribution in [2.24, 2.45) is 4.99 Å². The van der Waals surface area contributed by atoms with Crippen LogP contribution < -0.4 is 20.6 Å². The smallest absolute Gasteiger partial charge is 0.326 e. The standard InChI is InChI=1S/C20H25N9O7/c1-20(2)34-14-11(8-32-19(30)25-12-7-29(26-36-12)27-3-5-31-6-4-27)33-18(15(14)35-20)28-10-24-13-16(21)22-9-23-17(13)28/h7,9-11,14-15,18H,3-6,8H2,1-2H3,(H2-,21,22,23,25,26,30)/t11-,14?,15?,18-/m1/s1. The highest BCUT2D eigenvalue weighted by Gasteiger charge is 2.55. The number of aliphatic imine (C=N–C) groups is 1. The van der Waals surface area contributed by atoms with Crippen LogP contribution in [0.25, 0.3) is 11.2 Å². The fourth-order valence-corrected chi connectivity index (χ4v) is 4.52. The molecule has 3 aliphatic rings. The van der Waals surface area contributed by atoms with Gasteiger partial charge in [0, 0.05) is 6.61 Å². The number of rotatable bonds is 5. The number of nitrogens with zero attached hydrogens (tertiary/aromatic N) is 8. The third-order valence-corrected chi connectivity index (χ3v) is 6.08. The highest BCUT2D eigenvalue weighted by molar-refractivity contribution is 5.81. The Balaban J connectivity index is 1.16. The molecular formula is C20H25N9O7. The Labute approximate surface area is 204 Å². The van der Waals surface area contributed by atoms with Gasteiger partial charge in [0.2, 0.25) is 5.27 Å². The molecule has 0 bridgehead atoms. The van der Waals surface area contributed by atoms with Gasteiger partial charge in [-0.15, -0.1) is 5.01 Å². The van der Waals surface area contributed by atoms with Gasteiger partial charge in [-0.3, -0.25) is 9.09 Å². The fraction of sp³-hybridized carbons (Fsp3) is 0.600. The lowest BCUT2D eigenvalue weighted by Crippen LogP contribution is -2.62. The lowest BCUT2D eigenvalue weighted by atomic mass is 10.1. The molecule has 192 valence electrons. The molecule has 3 saturated heterocycles. The maximum Gasteiger partial charge on any atom is 0.326 e. The van der Waals surface area contributed by atoms with Gasteiger partial charge in [0.05, 0.1) is 43.5 Å². The highest BCUT2D eigenvalue weighted by Crippen LogP contribution is 2.43. The van der Waals surface area contributed by atoms with Crippen LogP contribution in [-0.4, -0.2) is 87.9 Å². The lowest BCUT2D eigenvalue weighted by molar-refractivity contribution is -0.759. The molecule has 6 heterocycles. The third kappa shape index (κ3) is 4.17. The zero-order valence-electron chi connectivity index (χ0n) is 19.6. The number of ether oxygens (including phenoxy) is 5. The molecule has 16 heteroatoms. The number of fused-ring (bicyclic) bond motifs is 2. The maximum absolute atomic E-state index is 12.4. The zero-order chi connectivity index (χ0) is 24.9. The zero-order valence-corrected chi connectivity index (χ0v) is 19.6. The van der Waals surface area contributed by atoms with E-state index < -0.39 is 36.4 Å². The quantitative estimate of drug-likeness (QED) is 0.232. The molecule has 3 aromatic heterocycles. The maximum atomic E-state index is 12.4. The van der Waals surface area contributed by atoms with Crippen LogP contribution in [0.5, 0.6) is 0 Å². The fourth-order valence-electron chi connectivity index (χ4n) is 4.52. The largest absolute Gasteiger partial charge is 0.597 e. The predicted molar refractivity (Wildman–Crippen MR) is 116 cm³/mol. The first kappa shape index (κ1) is 22.8. The van der Waals surface area contributed by atoms with Crippen LogP contribution in [0.1, 0.15) is 20.1 Å². The van der Waals surface area contributed by atoms with Crippen molar-refractivity contribution in [2.45, 2.75) is 44.2 Å². The molecule has 36 heavy (non-hydrogen) atoms. The Morgan fingerprint density at radius 1 is 1.25 bits per heavy atom. The second-order valence-corrected chi connectivity index (χ2v) is 8.93. The summed E-state index contributed by atoms with van der Waals surface area (Å²) in [6, 6.07) is 0. The van der Waals surface area contributed by atoms with Gasteiger partial charge in [0.15, 0.2) is 29.6 Å². The molecule has 0 aromatic carbocycles. The van der Waals surface area contributed by atoms with Gasteiger partial charge in [-0.05, 0) is 13.8 Å². The molecule has 16 nitrogen and oxygen atoms in total. The second-order valence-electron chi connectivity index (χ2n) is 8.93. The summed E-state index contributed by atoms with van der Waals surface area (Å²) in [5.74, 6) is -0.591. The molecule has 0 aliphatic carbocycles. The molecule has 2 unspecified atom stereocenters. The number of imidazole rings is 1. The van der Waals surface area contributed by atoms with E-state index in [9.17, 15) is 5.11 Å². The molecule has 6 rings (SSSR count). The first-order valence-corrected chi connectivity index (χ1v) is 11.4. The SMILES string of the molecule is CC1(C)OC2C(O1)[C@@H](CO/C([O-])=N/c1c[n+](N3CCOCC3)no1)O[C@H]2n1cnc2c(N)ncnc21. The minimum absolute atomic E-state index is 0.0123. The van der Waals surface area contributed by atoms with E-state index in [0.29, 0.717) is 37.5 Å². The summed E-state index contributed by atoms with van der Waals surface area (Å²) < 4.78 is 35.9. The molecule has 0 amide bonds. The third-order valence-electron chi connectivity index (χ3n) is 6.08. The summed E-state index contributed by atoms with van der Waals surface area (Å²) >= 11 is 0. The Bertz CT molecular complexity index is 1270. The van der Waals surface area contributed by atoms with Gasteiger partial charge in [-0.1, -0.05) is 0 Å². The average molecular weight is 503 g/mol. The number of morpholine rings is 1. The van der Waals surface area contributed by atoms with Crippen molar-refractivity contribution >= 4 is 28.9 Å². The van der Waals surface area contributed by atoms with Crippen molar-refractivity contribution in [2.75, 3.05) is 43.7 Å². The van der Waals surface area contributed by atoms with Crippen LogP contribution in [0, 0.1) is 0 Å². The van der Waals surface area contributed by atoms with Gasteiger partial charge < -0.3 is 34.5 Å². The summed E-state index contributed by atoms with van der Waals surface area (Å²) in [5.41, 5.74) is 6.86. The number of nitrogen functional groups attached to an aromatic ring is 1. The van der Waals surface area contributed by atoms with Crippen molar-refractivity contribution in [1.29, 1.82) is 0 Å². The Morgan fingerprint density at radius 2 is 2.06 bits per heavy atom. The Kier molecular flexibility index (Phi) is 5.59. The minimum atomic E-state index is -0.860. The summed E-state index contributed by atoms with van der Waals surface area (Å²) in [6.45, 7) is 5.94. The average Bonchev–Trinajstić information content (AvgIpc) is 3.62. The topological polar surface area (TPSA) is 184 Å². The molecule has 0 spiro atoms. The van der Waals surface area contributed by atoms with Gasteiger partial charge in [0.25, 0.3) is 6.20 Å². The first-order chi connectivity index (χ1) is 17.4. The predicted octanol–water partition coefficient (Wildman–Crippen LogP) is -1.87. The van der Waals surface area contributed by atoms with Crippen LogP contribution in [0.3, 0.4) is 0 Å². The summed E-state index contributed by atoms with van der Waals surface area (Å²) in [6.07, 6.45) is 1.27. The summed E-state index contributed by atoms with van der Waals surface area (Å²) in [5, 5.41) is 18.2. The van der Waals surface area contributed by atoms with Crippen molar-refractivity contribution in [3.05, 3.63) is 18.9 Å². The van der Waals surface area contributed by atoms with Gasteiger partial charge >= 0.3 is 5.88 Å². The molecule has 3 aromatic rings. The van der Waals surface area contributed by atoms with Crippen LogP contribution in [0.4, 0.5) is 11.7 Å². The van der Waals surface area contributed by atoms with Gasteiger partial charge in [-0.2, -0.15) is 4.99 Å². The Morgan fingerprint density at radius 3 is 2.89 bits per heavy atom. The van der Waals surface area contributed by atoms with E-state index in [1.165, 1.54) is 17.3 Å². The number of anilines is 1. The van der Waals surface area contributed by atoms with Crippen LogP contribution in [-0.2, 0) is 23.7 Å². The van der Waals surface area contributed by atoms with E-state index in [4.69, 9.17) is 33.9 Å². The second kappa shape index (κ2) is 8.81. The van der Waals surface area contributed by atoms with Crippen LogP contribution in [0.15, 0.2) is 28.4 Å². The van der Waals surface area contributed by atoms with Crippen molar-refractivity contribution in [3.8, 4) is 0 Å². The number of aromatic nitrogens is 6. The lowest BCUT2D eigenvalue weighted by Gasteiger charge is -2.26. The van der Waals surface area contributed by atoms with Crippen molar-refractivity contribution < 1.29 is 38.1 Å². The van der Waals surface area contributed by atoms with Gasteiger partial charge in [0.1, 0.15) is 24.1 Å². The number of nitrogens with two attached hydrogens (primary N) is 1. The molecule has 3 aliphatic heterocycles. The van der Waals surface area contributed by atoms with Crippen molar-refractivity contribution in [3.63, 3.8) is 0 Å². The molecule has 2 N–H and O–H groups in total. The van der Waals surface area contributed by atoms with E-state index in [2.05, 4.69) is 25.2 Å². The Hall–Kier alpha value is -3.60. The highest BCUT2D eigenvalue weighted by atomic mass is 16.8. The van der Waals surface area contributed by atoms with Crippen molar-refractivity contribution in [1.82, 2.24) is 24.8 Å².